The predicted molar refractivity (Wildman–Crippen MR) is 134 cm³/mol. The molecule has 1 aliphatic rings. The SMILES string of the molecule is Cc1c(/C=C/CN2CCN(c3cc(F)cc(F)c3)CC2)cnn1-c1cc(N(C)C)nc(N)n1.Cl. The molecule has 182 valence electrons. The molecule has 3 heterocycles. The van der Waals surface area contributed by atoms with Gasteiger partial charge in [-0.3, -0.25) is 4.90 Å². The molecule has 0 unspecified atom stereocenters. The van der Waals surface area contributed by atoms with Gasteiger partial charge in [0.1, 0.15) is 17.5 Å². The summed E-state index contributed by atoms with van der Waals surface area (Å²) in [4.78, 5) is 14.7. The van der Waals surface area contributed by atoms with Gasteiger partial charge in [0.05, 0.1) is 11.9 Å². The summed E-state index contributed by atoms with van der Waals surface area (Å²) >= 11 is 0. The Morgan fingerprint density at radius 2 is 1.71 bits per heavy atom. The van der Waals surface area contributed by atoms with E-state index in [1.54, 1.807) is 10.9 Å². The third-order valence-corrected chi connectivity index (χ3v) is 5.69. The lowest BCUT2D eigenvalue weighted by molar-refractivity contribution is 0.284. The van der Waals surface area contributed by atoms with Crippen LogP contribution in [0.4, 0.5) is 26.2 Å². The zero-order chi connectivity index (χ0) is 23.5. The first-order valence-electron chi connectivity index (χ1n) is 10.8. The van der Waals surface area contributed by atoms with Gasteiger partial charge in [0.25, 0.3) is 0 Å². The average molecular weight is 491 g/mol. The average Bonchev–Trinajstić information content (AvgIpc) is 3.13. The summed E-state index contributed by atoms with van der Waals surface area (Å²) in [5, 5.41) is 4.47. The number of nitrogens with two attached hydrogens (primary N) is 1. The largest absolute Gasteiger partial charge is 0.369 e. The van der Waals surface area contributed by atoms with E-state index in [0.29, 0.717) is 17.3 Å². The van der Waals surface area contributed by atoms with E-state index in [9.17, 15) is 8.78 Å². The molecule has 0 amide bonds. The Kier molecular flexibility index (Phi) is 8.06. The topological polar surface area (TPSA) is 79.3 Å². The predicted octanol–water partition coefficient (Wildman–Crippen LogP) is 3.15. The molecule has 2 N–H and O–H groups in total. The van der Waals surface area contributed by atoms with Crippen LogP contribution in [-0.4, -0.2) is 71.5 Å². The van der Waals surface area contributed by atoms with Crippen LogP contribution in [0.25, 0.3) is 11.9 Å². The number of rotatable bonds is 6. The number of benzene rings is 1. The van der Waals surface area contributed by atoms with Crippen molar-refractivity contribution in [1.29, 1.82) is 0 Å². The molecule has 34 heavy (non-hydrogen) atoms. The molecule has 0 bridgehead atoms. The maximum absolute atomic E-state index is 13.5. The van der Waals surface area contributed by atoms with Crippen LogP contribution in [-0.2, 0) is 0 Å². The summed E-state index contributed by atoms with van der Waals surface area (Å²) in [5.41, 5.74) is 8.40. The highest BCUT2D eigenvalue weighted by molar-refractivity contribution is 5.85. The molecular formula is C23H29ClF2N8. The van der Waals surface area contributed by atoms with Crippen LogP contribution in [0.1, 0.15) is 11.3 Å². The van der Waals surface area contributed by atoms with E-state index in [-0.39, 0.29) is 18.4 Å². The van der Waals surface area contributed by atoms with E-state index in [4.69, 9.17) is 5.73 Å². The molecule has 8 nitrogen and oxygen atoms in total. The minimum absolute atomic E-state index is 0. The third kappa shape index (κ3) is 5.81. The van der Waals surface area contributed by atoms with Crippen molar-refractivity contribution in [2.24, 2.45) is 0 Å². The molecule has 0 saturated carbocycles. The third-order valence-electron chi connectivity index (χ3n) is 5.69. The van der Waals surface area contributed by atoms with Crippen LogP contribution in [0.15, 0.2) is 36.5 Å². The van der Waals surface area contributed by atoms with Gasteiger partial charge in [-0.2, -0.15) is 15.1 Å². The van der Waals surface area contributed by atoms with Gasteiger partial charge in [-0.05, 0) is 19.1 Å². The fourth-order valence-corrected chi connectivity index (χ4v) is 3.83. The van der Waals surface area contributed by atoms with Gasteiger partial charge >= 0.3 is 0 Å². The van der Waals surface area contributed by atoms with Gasteiger partial charge in [0, 0.05) is 70.2 Å². The van der Waals surface area contributed by atoms with E-state index in [1.165, 1.54) is 12.1 Å². The van der Waals surface area contributed by atoms with Crippen LogP contribution in [0.2, 0.25) is 0 Å². The Labute approximate surface area is 204 Å². The Morgan fingerprint density at radius 3 is 2.35 bits per heavy atom. The molecule has 2 aromatic heterocycles. The second-order valence-corrected chi connectivity index (χ2v) is 8.25. The van der Waals surface area contributed by atoms with E-state index in [1.807, 2.05) is 43.0 Å². The molecule has 0 radical (unpaired) electrons. The van der Waals surface area contributed by atoms with Crippen molar-refractivity contribution in [2.45, 2.75) is 6.92 Å². The molecule has 11 heteroatoms. The number of aromatic nitrogens is 4. The highest BCUT2D eigenvalue weighted by Gasteiger charge is 2.17. The molecular weight excluding hydrogens is 462 g/mol. The van der Waals surface area contributed by atoms with Crippen LogP contribution in [0, 0.1) is 18.6 Å². The molecule has 0 atom stereocenters. The van der Waals surface area contributed by atoms with E-state index >= 15 is 0 Å². The van der Waals surface area contributed by atoms with Crippen LogP contribution in [0.5, 0.6) is 0 Å². The summed E-state index contributed by atoms with van der Waals surface area (Å²) in [5.74, 6) is 0.434. The van der Waals surface area contributed by atoms with Gasteiger partial charge < -0.3 is 15.5 Å². The van der Waals surface area contributed by atoms with Gasteiger partial charge in [-0.1, -0.05) is 12.2 Å². The molecule has 1 fully saturated rings. The van der Waals surface area contributed by atoms with Crippen molar-refractivity contribution in [2.75, 3.05) is 62.4 Å². The Hall–Kier alpha value is -3.24. The second-order valence-electron chi connectivity index (χ2n) is 8.25. The van der Waals surface area contributed by atoms with Crippen LogP contribution in [0.3, 0.4) is 0 Å². The fourth-order valence-electron chi connectivity index (χ4n) is 3.83. The summed E-state index contributed by atoms with van der Waals surface area (Å²) in [6.07, 6.45) is 5.95. The smallest absolute Gasteiger partial charge is 0.224 e. The maximum atomic E-state index is 13.5. The minimum atomic E-state index is -0.547. The van der Waals surface area contributed by atoms with Crippen molar-refractivity contribution in [3.05, 3.63) is 59.4 Å². The lowest BCUT2D eigenvalue weighted by atomic mass is 10.2. The molecule has 0 spiro atoms. The quantitative estimate of drug-likeness (QED) is 0.568. The molecule has 1 saturated heterocycles. The van der Waals surface area contributed by atoms with Crippen LogP contribution < -0.4 is 15.5 Å². The number of halogens is 3. The molecule has 4 rings (SSSR count). The van der Waals surface area contributed by atoms with Crippen molar-refractivity contribution < 1.29 is 8.78 Å². The van der Waals surface area contributed by atoms with Crippen molar-refractivity contribution >= 4 is 35.9 Å². The molecule has 3 aromatic rings. The van der Waals surface area contributed by atoms with Crippen molar-refractivity contribution in [3.63, 3.8) is 0 Å². The lowest BCUT2D eigenvalue weighted by Gasteiger charge is -2.35. The van der Waals surface area contributed by atoms with E-state index in [2.05, 4.69) is 26.0 Å². The Balaban J connectivity index is 0.00000324. The second kappa shape index (κ2) is 10.8. The van der Waals surface area contributed by atoms with E-state index in [0.717, 1.165) is 50.0 Å². The number of nitrogens with zero attached hydrogens (tertiary/aromatic N) is 7. The summed E-state index contributed by atoms with van der Waals surface area (Å²) in [7, 11) is 3.79. The number of hydrogen-bond acceptors (Lipinski definition) is 7. The normalized spacial score (nSPS) is 14.4. The first-order valence-corrected chi connectivity index (χ1v) is 10.8. The standard InChI is InChI=1S/C23H28F2N8.ClH/c1-16-17(15-27-33(16)22-14-21(30(2)3)28-23(26)29-22)5-4-6-31-7-9-32(10-8-31)20-12-18(24)11-19(25)13-20;/h4-5,11-15H,6-10H2,1-3H3,(H2,26,28,29);1H/b5-4+;. The summed E-state index contributed by atoms with van der Waals surface area (Å²) in [6.45, 7) is 5.83. The number of hydrogen-bond donors (Lipinski definition) is 1. The van der Waals surface area contributed by atoms with Crippen LogP contribution >= 0.6 is 12.4 Å². The molecule has 1 aliphatic heterocycles. The molecule has 1 aromatic carbocycles. The van der Waals surface area contributed by atoms with Gasteiger partial charge in [0.2, 0.25) is 5.95 Å². The first-order chi connectivity index (χ1) is 15.8. The lowest BCUT2D eigenvalue weighted by Crippen LogP contribution is -2.46. The van der Waals surface area contributed by atoms with Crippen molar-refractivity contribution in [1.82, 2.24) is 24.6 Å². The monoisotopic (exact) mass is 490 g/mol. The maximum Gasteiger partial charge on any atom is 0.224 e. The van der Waals surface area contributed by atoms with E-state index < -0.39 is 11.6 Å². The minimum Gasteiger partial charge on any atom is -0.369 e. The van der Waals surface area contributed by atoms with Gasteiger partial charge in [0.15, 0.2) is 5.82 Å². The zero-order valence-electron chi connectivity index (χ0n) is 19.4. The van der Waals surface area contributed by atoms with Gasteiger partial charge in [-0.15, -0.1) is 12.4 Å². The number of anilines is 3. The summed E-state index contributed by atoms with van der Waals surface area (Å²) in [6, 6.07) is 5.50. The number of piperazine rings is 1. The number of nitrogen functional groups attached to an aromatic ring is 1. The fraction of sp³-hybridized carbons (Fsp3) is 0.348. The summed E-state index contributed by atoms with van der Waals surface area (Å²) < 4.78 is 28.7. The highest BCUT2D eigenvalue weighted by Crippen LogP contribution is 2.20. The molecule has 0 aliphatic carbocycles. The highest BCUT2D eigenvalue weighted by atomic mass is 35.5. The zero-order valence-corrected chi connectivity index (χ0v) is 20.3. The van der Waals surface area contributed by atoms with Gasteiger partial charge in [-0.25, -0.2) is 13.5 Å². The first kappa shape index (κ1) is 25.4. The Morgan fingerprint density at radius 1 is 1.03 bits per heavy atom. The van der Waals surface area contributed by atoms with Crippen molar-refractivity contribution in [3.8, 4) is 5.82 Å². The Bertz CT molecular complexity index is 1140.